The quantitative estimate of drug-likeness (QED) is 0.745. The Balaban J connectivity index is 2.21. The van der Waals surface area contributed by atoms with Crippen LogP contribution in [0.25, 0.3) is 22.2 Å². The fourth-order valence-corrected chi connectivity index (χ4v) is 2.49. The largest absolute Gasteiger partial charge is 0.478 e. The van der Waals surface area contributed by atoms with Gasteiger partial charge in [-0.1, -0.05) is 18.2 Å². The molecule has 4 heteroatoms. The number of nitrogens with zero attached hydrogens (tertiary/aromatic N) is 1. The SMILES string of the molecule is Cc1[nH]c2c(C)cccc2c1-c1ccc(C(=O)O)cn1. The number of aromatic nitrogens is 2. The Morgan fingerprint density at radius 3 is 2.65 bits per heavy atom. The Labute approximate surface area is 116 Å². The summed E-state index contributed by atoms with van der Waals surface area (Å²) in [4.78, 5) is 18.5. The molecule has 0 radical (unpaired) electrons. The van der Waals surface area contributed by atoms with Crippen molar-refractivity contribution >= 4 is 16.9 Å². The average molecular weight is 266 g/mol. The Kier molecular flexibility index (Phi) is 2.79. The molecule has 0 spiro atoms. The number of aromatic amines is 1. The number of H-pyrrole nitrogens is 1. The monoisotopic (exact) mass is 266 g/mol. The van der Waals surface area contributed by atoms with E-state index >= 15 is 0 Å². The molecule has 0 aliphatic heterocycles. The minimum absolute atomic E-state index is 0.197. The van der Waals surface area contributed by atoms with Gasteiger partial charge in [-0.25, -0.2) is 4.79 Å². The minimum Gasteiger partial charge on any atom is -0.478 e. The van der Waals surface area contributed by atoms with Crippen molar-refractivity contribution in [3.05, 3.63) is 53.3 Å². The highest BCUT2D eigenvalue weighted by molar-refractivity contribution is 5.98. The van der Waals surface area contributed by atoms with Gasteiger partial charge in [0.2, 0.25) is 0 Å². The molecule has 0 bridgehead atoms. The van der Waals surface area contributed by atoms with Crippen LogP contribution in [0.4, 0.5) is 0 Å². The van der Waals surface area contributed by atoms with Crippen LogP contribution in [0.1, 0.15) is 21.6 Å². The number of carboxylic acid groups (broad SMARTS) is 1. The normalized spacial score (nSPS) is 10.9. The van der Waals surface area contributed by atoms with Crippen molar-refractivity contribution in [2.75, 3.05) is 0 Å². The Morgan fingerprint density at radius 1 is 1.20 bits per heavy atom. The van der Waals surface area contributed by atoms with Gasteiger partial charge in [-0.05, 0) is 31.5 Å². The van der Waals surface area contributed by atoms with E-state index in [1.54, 1.807) is 12.1 Å². The van der Waals surface area contributed by atoms with Crippen LogP contribution in [-0.2, 0) is 0 Å². The second-order valence-corrected chi connectivity index (χ2v) is 4.86. The Morgan fingerprint density at radius 2 is 2.00 bits per heavy atom. The number of pyridine rings is 1. The van der Waals surface area contributed by atoms with Crippen LogP contribution in [0, 0.1) is 13.8 Å². The summed E-state index contributed by atoms with van der Waals surface area (Å²) in [5.41, 5.74) is 5.32. The summed E-state index contributed by atoms with van der Waals surface area (Å²) in [6, 6.07) is 9.46. The second-order valence-electron chi connectivity index (χ2n) is 4.86. The van der Waals surface area contributed by atoms with Gasteiger partial charge in [-0.15, -0.1) is 0 Å². The molecule has 0 aliphatic carbocycles. The summed E-state index contributed by atoms with van der Waals surface area (Å²) in [6.45, 7) is 4.06. The molecule has 1 aromatic carbocycles. The minimum atomic E-state index is -0.962. The van der Waals surface area contributed by atoms with Gasteiger partial charge in [0.25, 0.3) is 0 Å². The highest BCUT2D eigenvalue weighted by atomic mass is 16.4. The van der Waals surface area contributed by atoms with Gasteiger partial charge in [-0.3, -0.25) is 4.98 Å². The van der Waals surface area contributed by atoms with E-state index < -0.39 is 5.97 Å². The summed E-state index contributed by atoms with van der Waals surface area (Å²) in [5.74, 6) is -0.962. The van der Waals surface area contributed by atoms with Gasteiger partial charge in [0, 0.05) is 28.4 Å². The first-order valence-corrected chi connectivity index (χ1v) is 6.35. The van der Waals surface area contributed by atoms with Gasteiger partial charge in [0.15, 0.2) is 0 Å². The molecule has 0 amide bonds. The first-order valence-electron chi connectivity index (χ1n) is 6.35. The summed E-state index contributed by atoms with van der Waals surface area (Å²) in [6.07, 6.45) is 1.39. The molecule has 100 valence electrons. The standard InChI is InChI=1S/C16H14N2O2/c1-9-4-3-5-12-14(10(2)18-15(9)12)13-7-6-11(8-17-13)16(19)20/h3-8,18H,1-2H3,(H,19,20). The average Bonchev–Trinajstić information content (AvgIpc) is 2.77. The molecule has 3 rings (SSSR count). The summed E-state index contributed by atoms with van der Waals surface area (Å²) in [7, 11) is 0. The predicted octanol–water partition coefficient (Wildman–Crippen LogP) is 3.54. The maximum absolute atomic E-state index is 10.9. The number of rotatable bonds is 2. The lowest BCUT2D eigenvalue weighted by molar-refractivity contribution is 0.0696. The maximum Gasteiger partial charge on any atom is 0.337 e. The van der Waals surface area contributed by atoms with Crippen LogP contribution in [0.3, 0.4) is 0 Å². The summed E-state index contributed by atoms with van der Waals surface area (Å²) >= 11 is 0. The lowest BCUT2D eigenvalue weighted by atomic mass is 10.0. The second kappa shape index (κ2) is 4.49. The van der Waals surface area contributed by atoms with E-state index in [1.807, 2.05) is 19.1 Å². The Hall–Kier alpha value is -2.62. The molecule has 3 aromatic rings. The van der Waals surface area contributed by atoms with Crippen molar-refractivity contribution in [3.8, 4) is 11.3 Å². The van der Waals surface area contributed by atoms with Crippen molar-refractivity contribution in [1.82, 2.24) is 9.97 Å². The van der Waals surface area contributed by atoms with Crippen molar-refractivity contribution in [2.24, 2.45) is 0 Å². The fourth-order valence-electron chi connectivity index (χ4n) is 2.49. The zero-order valence-electron chi connectivity index (χ0n) is 11.3. The molecule has 2 N–H and O–H groups in total. The van der Waals surface area contributed by atoms with E-state index in [-0.39, 0.29) is 5.56 Å². The van der Waals surface area contributed by atoms with Crippen molar-refractivity contribution in [1.29, 1.82) is 0 Å². The van der Waals surface area contributed by atoms with Crippen LogP contribution < -0.4 is 0 Å². The lowest BCUT2D eigenvalue weighted by Gasteiger charge is -2.02. The number of nitrogens with one attached hydrogen (secondary N) is 1. The first kappa shape index (κ1) is 12.4. The first-order chi connectivity index (χ1) is 9.58. The molecule has 0 aliphatic rings. The zero-order valence-corrected chi connectivity index (χ0v) is 11.3. The fraction of sp³-hybridized carbons (Fsp3) is 0.125. The van der Waals surface area contributed by atoms with Crippen molar-refractivity contribution in [2.45, 2.75) is 13.8 Å². The third-order valence-corrected chi connectivity index (χ3v) is 3.50. The van der Waals surface area contributed by atoms with Gasteiger partial charge in [0.1, 0.15) is 0 Å². The van der Waals surface area contributed by atoms with E-state index in [9.17, 15) is 4.79 Å². The summed E-state index contributed by atoms with van der Waals surface area (Å²) in [5, 5.41) is 10.0. The molecule has 0 saturated heterocycles. The van der Waals surface area contributed by atoms with E-state index in [0.717, 1.165) is 27.9 Å². The predicted molar refractivity (Wildman–Crippen MR) is 78.0 cm³/mol. The highest BCUT2D eigenvalue weighted by Gasteiger charge is 2.13. The molecular formula is C16H14N2O2. The highest BCUT2D eigenvalue weighted by Crippen LogP contribution is 2.32. The number of carbonyl (C=O) groups is 1. The van der Waals surface area contributed by atoms with Crippen LogP contribution in [-0.4, -0.2) is 21.0 Å². The number of carboxylic acids is 1. The molecule has 2 aromatic heterocycles. The molecule has 0 fully saturated rings. The number of hydrogen-bond acceptors (Lipinski definition) is 2. The number of benzene rings is 1. The van der Waals surface area contributed by atoms with Crippen LogP contribution in [0.2, 0.25) is 0 Å². The topological polar surface area (TPSA) is 66.0 Å². The van der Waals surface area contributed by atoms with Crippen molar-refractivity contribution in [3.63, 3.8) is 0 Å². The van der Waals surface area contributed by atoms with E-state index in [4.69, 9.17) is 5.11 Å². The van der Waals surface area contributed by atoms with E-state index in [2.05, 4.69) is 23.0 Å². The summed E-state index contributed by atoms with van der Waals surface area (Å²) < 4.78 is 0. The van der Waals surface area contributed by atoms with Gasteiger partial charge in [0.05, 0.1) is 11.3 Å². The number of aromatic carboxylic acids is 1. The number of fused-ring (bicyclic) bond motifs is 1. The number of aryl methyl sites for hydroxylation is 2. The van der Waals surface area contributed by atoms with Gasteiger partial charge in [-0.2, -0.15) is 0 Å². The smallest absolute Gasteiger partial charge is 0.337 e. The zero-order chi connectivity index (χ0) is 14.3. The van der Waals surface area contributed by atoms with Crippen LogP contribution >= 0.6 is 0 Å². The lowest BCUT2D eigenvalue weighted by Crippen LogP contribution is -1.97. The molecule has 0 unspecified atom stereocenters. The number of hydrogen-bond donors (Lipinski definition) is 2. The van der Waals surface area contributed by atoms with Gasteiger partial charge >= 0.3 is 5.97 Å². The van der Waals surface area contributed by atoms with Gasteiger partial charge < -0.3 is 10.1 Å². The maximum atomic E-state index is 10.9. The molecule has 2 heterocycles. The molecule has 4 nitrogen and oxygen atoms in total. The van der Waals surface area contributed by atoms with E-state index in [0.29, 0.717) is 0 Å². The molecular weight excluding hydrogens is 252 g/mol. The van der Waals surface area contributed by atoms with Crippen LogP contribution in [0.5, 0.6) is 0 Å². The Bertz CT molecular complexity index is 801. The third-order valence-electron chi connectivity index (χ3n) is 3.50. The number of para-hydroxylation sites is 1. The molecule has 0 saturated carbocycles. The molecule has 0 atom stereocenters. The third kappa shape index (κ3) is 1.86. The molecule has 20 heavy (non-hydrogen) atoms. The van der Waals surface area contributed by atoms with E-state index in [1.165, 1.54) is 11.8 Å². The van der Waals surface area contributed by atoms with Crippen molar-refractivity contribution < 1.29 is 9.90 Å². The van der Waals surface area contributed by atoms with Crippen LogP contribution in [0.15, 0.2) is 36.5 Å².